The fourth-order valence-electron chi connectivity index (χ4n) is 7.15. The second-order valence-corrected chi connectivity index (χ2v) is 17.0. The van der Waals surface area contributed by atoms with Gasteiger partial charge in [-0.05, 0) is 72.5 Å². The van der Waals surface area contributed by atoms with Crippen LogP contribution in [-0.4, -0.2) is 98.7 Å². The fraction of sp³-hybridized carbons (Fsp3) is 0.326. The molecule has 6 bridgehead atoms. The molecule has 58 heavy (non-hydrogen) atoms. The van der Waals surface area contributed by atoms with Gasteiger partial charge in [0.1, 0.15) is 11.9 Å². The first kappa shape index (κ1) is 41.7. The van der Waals surface area contributed by atoms with E-state index in [9.17, 15) is 27.6 Å². The van der Waals surface area contributed by atoms with Crippen LogP contribution in [0.1, 0.15) is 34.2 Å². The summed E-state index contributed by atoms with van der Waals surface area (Å²) in [5, 5.41) is 19.3. The van der Waals surface area contributed by atoms with Crippen LogP contribution in [0.3, 0.4) is 0 Å². The summed E-state index contributed by atoms with van der Waals surface area (Å²) in [4.78, 5) is 58.4. The predicted octanol–water partition coefficient (Wildman–Crippen LogP) is 2.69. The Labute approximate surface area is 339 Å². The number of nitrogens with one attached hydrogen (secondary N) is 5. The summed E-state index contributed by atoms with van der Waals surface area (Å²) >= 11 is 0. The minimum atomic E-state index is -3.81. The predicted molar refractivity (Wildman–Crippen MR) is 224 cm³/mol. The average molecular weight is 807 g/mol. The van der Waals surface area contributed by atoms with Gasteiger partial charge in [0.25, 0.3) is 0 Å². The Bertz CT molecular complexity index is 2180. The number of benzene rings is 4. The number of nitrogen functional groups attached to an aromatic ring is 1. The van der Waals surface area contributed by atoms with E-state index in [2.05, 4.69) is 31.1 Å². The number of carbonyl (C=O) groups excluding carboxylic acids is 4. The molecule has 1 saturated heterocycles. The molecule has 14 nitrogen and oxygen atoms in total. The highest BCUT2D eigenvalue weighted by atomic mass is 32.2. The molecular weight excluding hydrogens is 757 g/mol. The molecule has 7 N–H and O–H groups in total. The van der Waals surface area contributed by atoms with Crippen molar-refractivity contribution in [1.82, 2.24) is 20.4 Å². The second-order valence-electron chi connectivity index (χ2n) is 14.9. The molecule has 4 amide bonds. The van der Waals surface area contributed by atoms with Crippen LogP contribution in [0.15, 0.2) is 103 Å². The number of hydrogen-bond acceptors (Lipinski definition) is 9. The Balaban J connectivity index is 1.28. The molecule has 304 valence electrons. The highest BCUT2D eigenvalue weighted by molar-refractivity contribution is 7.90. The Morgan fingerprint density at radius 3 is 1.83 bits per heavy atom. The van der Waals surface area contributed by atoms with Crippen LogP contribution in [-0.2, 0) is 54.2 Å². The normalized spacial score (nSPS) is 20.9. The maximum Gasteiger partial charge on any atom is 0.243 e. The monoisotopic (exact) mass is 806 g/mol. The van der Waals surface area contributed by atoms with Crippen molar-refractivity contribution in [1.29, 1.82) is 5.41 Å². The first-order valence-electron chi connectivity index (χ1n) is 19.4. The van der Waals surface area contributed by atoms with Gasteiger partial charge in [0.05, 0.1) is 30.5 Å². The molecule has 0 aliphatic carbocycles. The van der Waals surface area contributed by atoms with Gasteiger partial charge < -0.3 is 27.0 Å². The number of sulfone groups is 1. The molecule has 0 spiro atoms. The van der Waals surface area contributed by atoms with E-state index in [1.807, 2.05) is 0 Å². The number of anilines is 2. The Morgan fingerprint density at radius 1 is 0.724 bits per heavy atom. The van der Waals surface area contributed by atoms with Crippen LogP contribution in [0.5, 0.6) is 0 Å². The summed E-state index contributed by atoms with van der Waals surface area (Å²) in [5.74, 6) is -3.31. The van der Waals surface area contributed by atoms with Crippen molar-refractivity contribution in [3.8, 4) is 0 Å². The molecule has 0 saturated carbocycles. The number of nitrogens with zero attached hydrogens (tertiary/aromatic N) is 2. The molecule has 4 aromatic rings. The van der Waals surface area contributed by atoms with Gasteiger partial charge in [0.2, 0.25) is 23.6 Å². The largest absolute Gasteiger partial charge is 0.384 e. The summed E-state index contributed by atoms with van der Waals surface area (Å²) in [6.07, 6.45) is 0.945. The van der Waals surface area contributed by atoms with Gasteiger partial charge in [-0.2, -0.15) is 0 Å². The van der Waals surface area contributed by atoms with Crippen LogP contribution < -0.4 is 27.0 Å². The van der Waals surface area contributed by atoms with E-state index < -0.39 is 39.4 Å². The molecule has 4 atom stereocenters. The Kier molecular flexibility index (Phi) is 14.0. The molecule has 5 heterocycles. The number of amidine groups is 1. The SMILES string of the molecule is N=C(N)c1ccc(CNC(=O)[C@@H]2Cc3ccc(cc3)NC(=O)CN3CCCN(CC3)CC(=O)Nc3ccc(cc3)C[C@@H](CS(=O)(=O)Cc3ccccc3)C(=O)N2)cc1. The zero-order valence-electron chi connectivity index (χ0n) is 32.3. The maximum atomic E-state index is 14.3. The number of rotatable bonds is 8. The summed E-state index contributed by atoms with van der Waals surface area (Å²) in [7, 11) is -3.81. The first-order valence-corrected chi connectivity index (χ1v) is 21.2. The van der Waals surface area contributed by atoms with Crippen molar-refractivity contribution in [2.24, 2.45) is 11.7 Å². The van der Waals surface area contributed by atoms with Gasteiger partial charge in [0, 0.05) is 43.0 Å². The van der Waals surface area contributed by atoms with Gasteiger partial charge in [-0.15, -0.1) is 0 Å². The lowest BCUT2D eigenvalue weighted by Crippen LogP contribution is -2.50. The molecule has 5 aliphatic heterocycles. The van der Waals surface area contributed by atoms with E-state index in [1.165, 1.54) is 0 Å². The van der Waals surface area contributed by atoms with E-state index in [0.29, 0.717) is 46.7 Å². The minimum absolute atomic E-state index is 0.0591. The molecule has 0 aromatic heterocycles. The van der Waals surface area contributed by atoms with E-state index in [4.69, 9.17) is 11.1 Å². The van der Waals surface area contributed by atoms with Crippen molar-refractivity contribution in [3.05, 3.63) is 131 Å². The van der Waals surface area contributed by atoms with Crippen molar-refractivity contribution < 1.29 is 27.6 Å². The number of carbonyl (C=O) groups is 4. The quantitative estimate of drug-likeness (QED) is 0.114. The molecule has 15 heteroatoms. The number of amides is 4. The lowest BCUT2D eigenvalue weighted by Gasteiger charge is -2.23. The zero-order chi connectivity index (χ0) is 41.1. The summed E-state index contributed by atoms with van der Waals surface area (Å²) < 4.78 is 27.3. The molecule has 5 aliphatic rings. The van der Waals surface area contributed by atoms with Gasteiger partial charge in [-0.3, -0.25) is 34.4 Å². The first-order chi connectivity index (χ1) is 27.9. The van der Waals surface area contributed by atoms with E-state index >= 15 is 0 Å². The molecular formula is C43H50N8O6S. The van der Waals surface area contributed by atoms with Gasteiger partial charge in [-0.1, -0.05) is 78.9 Å². The summed E-state index contributed by atoms with van der Waals surface area (Å²) in [6, 6.07) is 28.5. The zero-order valence-corrected chi connectivity index (χ0v) is 33.1. The third kappa shape index (κ3) is 12.6. The average Bonchev–Trinajstić information content (AvgIpc) is 3.42. The fourth-order valence-corrected chi connectivity index (χ4v) is 8.85. The lowest BCUT2D eigenvalue weighted by atomic mass is 9.98. The Hall–Kier alpha value is -5.90. The smallest absolute Gasteiger partial charge is 0.243 e. The molecule has 4 aromatic carbocycles. The van der Waals surface area contributed by atoms with E-state index in [0.717, 1.165) is 25.1 Å². The molecule has 9 rings (SSSR count). The summed E-state index contributed by atoms with van der Waals surface area (Å²) in [6.45, 7) is 3.22. The third-order valence-corrected chi connectivity index (χ3v) is 11.9. The highest BCUT2D eigenvalue weighted by Crippen LogP contribution is 2.19. The van der Waals surface area contributed by atoms with Gasteiger partial charge in [-0.25, -0.2) is 8.42 Å². The Morgan fingerprint density at radius 2 is 1.28 bits per heavy atom. The van der Waals surface area contributed by atoms with Crippen LogP contribution in [0.25, 0.3) is 0 Å². The van der Waals surface area contributed by atoms with Crippen LogP contribution in [0.4, 0.5) is 11.4 Å². The molecule has 0 radical (unpaired) electrons. The minimum Gasteiger partial charge on any atom is -0.384 e. The van der Waals surface area contributed by atoms with Gasteiger partial charge in [0.15, 0.2) is 9.84 Å². The lowest BCUT2D eigenvalue weighted by molar-refractivity contribution is -0.130. The number of hydrogen-bond donors (Lipinski definition) is 6. The van der Waals surface area contributed by atoms with Crippen molar-refractivity contribution in [2.45, 2.75) is 37.6 Å². The number of nitrogens with two attached hydrogens (primary N) is 1. The summed E-state index contributed by atoms with van der Waals surface area (Å²) in [5.41, 5.74) is 10.0. The van der Waals surface area contributed by atoms with Crippen LogP contribution in [0, 0.1) is 11.3 Å². The highest BCUT2D eigenvalue weighted by Gasteiger charge is 2.30. The van der Waals surface area contributed by atoms with Crippen LogP contribution in [0.2, 0.25) is 0 Å². The van der Waals surface area contributed by atoms with Crippen molar-refractivity contribution >= 4 is 50.7 Å². The van der Waals surface area contributed by atoms with Crippen LogP contribution >= 0.6 is 0 Å². The third-order valence-electron chi connectivity index (χ3n) is 10.2. The molecule has 2 unspecified atom stereocenters. The van der Waals surface area contributed by atoms with E-state index in [-0.39, 0.29) is 55.9 Å². The van der Waals surface area contributed by atoms with E-state index in [1.54, 1.807) is 103 Å². The second kappa shape index (κ2) is 19.5. The molecule has 1 fully saturated rings. The maximum absolute atomic E-state index is 14.3. The topological polar surface area (TPSA) is 207 Å². The van der Waals surface area contributed by atoms with Crippen molar-refractivity contribution in [3.63, 3.8) is 0 Å². The standard InChI is InChI=1S/C43H50N8O6S/c44-41(45)34-13-7-32(8-14-34)25-46-43(55)38-24-31-11-17-37(18-12-31)48-40(53)27-51-20-4-19-50(21-22-51)26-39(52)47-36-15-9-30(10-16-36)23-35(42(54)49-38)29-58(56,57)28-33-5-2-1-3-6-33/h1-3,5-18,35,38H,4,19-29H2,(H3,44,45)(H,46,55)(H,47,52)(H,48,53)(H,49,54)/t35-,38-/m0/s1. The van der Waals surface area contributed by atoms with Gasteiger partial charge >= 0.3 is 0 Å². The van der Waals surface area contributed by atoms with Crippen molar-refractivity contribution in [2.75, 3.05) is 55.7 Å².